The zero-order valence-corrected chi connectivity index (χ0v) is 16.1. The molecule has 8 nitrogen and oxygen atoms in total. The number of nitrogens with zero attached hydrogens (tertiary/aromatic N) is 2. The van der Waals surface area contributed by atoms with Gasteiger partial charge in [0.1, 0.15) is 5.69 Å². The van der Waals surface area contributed by atoms with Crippen molar-refractivity contribution in [3.05, 3.63) is 56.5 Å². The molecule has 0 bridgehead atoms. The Labute approximate surface area is 157 Å². The Kier molecular flexibility index (Phi) is 6.02. The third kappa shape index (κ3) is 5.15. The lowest BCUT2D eigenvalue weighted by molar-refractivity contribution is -0.384. The predicted molar refractivity (Wildman–Crippen MR) is 104 cm³/mol. The van der Waals surface area contributed by atoms with Crippen molar-refractivity contribution in [2.45, 2.75) is 39.6 Å². The molecule has 0 spiro atoms. The molecular formula is C19H25N3O5. The van der Waals surface area contributed by atoms with Crippen molar-refractivity contribution in [3.63, 3.8) is 0 Å². The van der Waals surface area contributed by atoms with Crippen molar-refractivity contribution < 1.29 is 14.8 Å². The molecule has 1 atom stereocenters. The van der Waals surface area contributed by atoms with Crippen LogP contribution in [0.25, 0.3) is 11.1 Å². The summed E-state index contributed by atoms with van der Waals surface area (Å²) in [6, 6.07) is 6.40. The molecule has 0 aliphatic rings. The zero-order valence-electron chi connectivity index (χ0n) is 16.1. The van der Waals surface area contributed by atoms with Gasteiger partial charge >= 0.3 is 0 Å². The molecule has 0 radical (unpaired) electrons. The number of hydrogen-bond donors (Lipinski definition) is 2. The number of hydrogen-bond acceptors (Lipinski definition) is 6. The number of benzene rings is 1. The third-order valence-electron chi connectivity index (χ3n) is 3.99. The summed E-state index contributed by atoms with van der Waals surface area (Å²) in [5.41, 5.74) is 2.11. The van der Waals surface area contributed by atoms with Crippen LogP contribution >= 0.6 is 0 Å². The summed E-state index contributed by atoms with van der Waals surface area (Å²) in [4.78, 5) is 22.7. The largest absolute Gasteiger partial charge is 0.374 e. The quantitative estimate of drug-likeness (QED) is 0.438. The van der Waals surface area contributed by atoms with E-state index in [9.17, 15) is 20.0 Å². The van der Waals surface area contributed by atoms with Crippen LogP contribution in [0.5, 0.6) is 0 Å². The van der Waals surface area contributed by atoms with Crippen LogP contribution < -0.4 is 10.9 Å². The summed E-state index contributed by atoms with van der Waals surface area (Å²) in [5.74, 6) is -1.48. The standard InChI is InChI=1S/C19H25N3O5/c1-12(2)27-19(4,24)11-20-16-9-14(6-7-17(16)22(25)26)15-8-13(3)18(23)21(5)10-15/h6-10,12,20,24H,11H2,1-5H3/t19-/m1/s1. The van der Waals surface area contributed by atoms with Gasteiger partial charge in [-0.05, 0) is 57.0 Å². The number of aromatic nitrogens is 1. The number of aliphatic hydroxyl groups is 1. The van der Waals surface area contributed by atoms with Crippen molar-refractivity contribution in [3.8, 4) is 11.1 Å². The molecule has 0 saturated heterocycles. The maximum atomic E-state index is 11.9. The zero-order chi connectivity index (χ0) is 20.4. The van der Waals surface area contributed by atoms with E-state index in [-0.39, 0.29) is 29.6 Å². The Morgan fingerprint density at radius 3 is 2.56 bits per heavy atom. The molecule has 0 aliphatic carbocycles. The smallest absolute Gasteiger partial charge is 0.292 e. The third-order valence-corrected chi connectivity index (χ3v) is 3.99. The van der Waals surface area contributed by atoms with Gasteiger partial charge in [-0.25, -0.2) is 0 Å². The highest BCUT2D eigenvalue weighted by molar-refractivity contribution is 5.74. The van der Waals surface area contributed by atoms with Crippen LogP contribution in [0.15, 0.2) is 35.3 Å². The van der Waals surface area contributed by atoms with E-state index in [1.54, 1.807) is 52.2 Å². The number of aryl methyl sites for hydroxylation is 2. The van der Waals surface area contributed by atoms with Gasteiger partial charge < -0.3 is 19.7 Å². The van der Waals surface area contributed by atoms with Gasteiger partial charge in [0.05, 0.1) is 17.6 Å². The molecule has 1 aromatic heterocycles. The maximum Gasteiger partial charge on any atom is 0.292 e. The molecule has 1 heterocycles. The maximum absolute atomic E-state index is 11.9. The molecule has 2 aromatic rings. The van der Waals surface area contributed by atoms with E-state index < -0.39 is 10.7 Å². The average molecular weight is 375 g/mol. The highest BCUT2D eigenvalue weighted by Gasteiger charge is 2.24. The van der Waals surface area contributed by atoms with Crippen LogP contribution in [0.4, 0.5) is 11.4 Å². The van der Waals surface area contributed by atoms with Gasteiger partial charge in [-0.3, -0.25) is 14.9 Å². The highest BCUT2D eigenvalue weighted by Crippen LogP contribution is 2.31. The Morgan fingerprint density at radius 1 is 1.33 bits per heavy atom. The average Bonchev–Trinajstić information content (AvgIpc) is 2.56. The molecule has 2 rings (SSSR count). The second-order valence-electron chi connectivity index (χ2n) is 7.01. The van der Waals surface area contributed by atoms with E-state index in [0.29, 0.717) is 11.1 Å². The molecule has 0 aliphatic heterocycles. The van der Waals surface area contributed by atoms with Crippen LogP contribution in [0.1, 0.15) is 26.3 Å². The van der Waals surface area contributed by atoms with Gasteiger partial charge in [-0.1, -0.05) is 0 Å². The lowest BCUT2D eigenvalue weighted by Gasteiger charge is -2.26. The summed E-state index contributed by atoms with van der Waals surface area (Å²) < 4.78 is 6.88. The summed E-state index contributed by atoms with van der Waals surface area (Å²) in [7, 11) is 1.66. The number of rotatable bonds is 7. The number of nitro groups is 1. The molecule has 1 aromatic carbocycles. The van der Waals surface area contributed by atoms with Gasteiger partial charge in [0.15, 0.2) is 5.79 Å². The van der Waals surface area contributed by atoms with E-state index in [1.165, 1.54) is 17.6 Å². The Balaban J connectivity index is 2.40. The lowest BCUT2D eigenvalue weighted by Crippen LogP contribution is -2.38. The van der Waals surface area contributed by atoms with E-state index >= 15 is 0 Å². The van der Waals surface area contributed by atoms with Crippen LogP contribution in [-0.4, -0.2) is 33.0 Å². The van der Waals surface area contributed by atoms with Crippen LogP contribution in [0, 0.1) is 17.0 Å². The summed E-state index contributed by atoms with van der Waals surface area (Å²) >= 11 is 0. The van der Waals surface area contributed by atoms with Gasteiger partial charge in [-0.15, -0.1) is 0 Å². The molecule has 8 heteroatoms. The SMILES string of the molecule is Cc1cc(-c2ccc([N+](=O)[O-])c(NC[C@](C)(O)OC(C)C)c2)cn(C)c1=O. The second kappa shape index (κ2) is 7.89. The van der Waals surface area contributed by atoms with Crippen molar-refractivity contribution >= 4 is 11.4 Å². The monoisotopic (exact) mass is 375 g/mol. The molecule has 27 heavy (non-hydrogen) atoms. The molecule has 0 saturated carbocycles. The normalized spacial score (nSPS) is 13.4. The van der Waals surface area contributed by atoms with E-state index in [2.05, 4.69) is 5.32 Å². The first-order valence-electron chi connectivity index (χ1n) is 8.60. The first-order chi connectivity index (χ1) is 12.5. The van der Waals surface area contributed by atoms with Crippen molar-refractivity contribution in [2.75, 3.05) is 11.9 Å². The van der Waals surface area contributed by atoms with Gasteiger partial charge in [0, 0.05) is 24.9 Å². The van der Waals surface area contributed by atoms with E-state index in [0.717, 1.165) is 5.56 Å². The van der Waals surface area contributed by atoms with Crippen LogP contribution in [0.2, 0.25) is 0 Å². The molecular weight excluding hydrogens is 350 g/mol. The van der Waals surface area contributed by atoms with Gasteiger partial charge in [-0.2, -0.15) is 0 Å². The fraction of sp³-hybridized carbons (Fsp3) is 0.421. The highest BCUT2D eigenvalue weighted by atomic mass is 16.6. The Morgan fingerprint density at radius 2 is 2.00 bits per heavy atom. The number of anilines is 1. The first kappa shape index (κ1) is 20.6. The van der Waals surface area contributed by atoms with Crippen LogP contribution in [0.3, 0.4) is 0 Å². The summed E-state index contributed by atoms with van der Waals surface area (Å²) in [5, 5.41) is 24.5. The predicted octanol–water partition coefficient (Wildman–Crippen LogP) is 2.81. The van der Waals surface area contributed by atoms with Crippen molar-refractivity contribution in [1.29, 1.82) is 0 Å². The number of nitrogens with one attached hydrogen (secondary N) is 1. The van der Waals surface area contributed by atoms with Crippen molar-refractivity contribution in [1.82, 2.24) is 4.57 Å². The lowest BCUT2D eigenvalue weighted by atomic mass is 10.0. The Hall–Kier alpha value is -2.71. The summed E-state index contributed by atoms with van der Waals surface area (Å²) in [6.45, 7) is 6.77. The van der Waals surface area contributed by atoms with Crippen LogP contribution in [-0.2, 0) is 11.8 Å². The fourth-order valence-electron chi connectivity index (χ4n) is 2.86. The number of pyridine rings is 1. The second-order valence-corrected chi connectivity index (χ2v) is 7.01. The minimum absolute atomic E-state index is 0.0260. The minimum Gasteiger partial charge on any atom is -0.374 e. The molecule has 0 unspecified atom stereocenters. The molecule has 2 N–H and O–H groups in total. The molecule has 0 fully saturated rings. The van der Waals surface area contributed by atoms with Gasteiger partial charge in [0.25, 0.3) is 11.2 Å². The fourth-order valence-corrected chi connectivity index (χ4v) is 2.86. The van der Waals surface area contributed by atoms with E-state index in [1.807, 2.05) is 0 Å². The molecule has 0 amide bonds. The van der Waals surface area contributed by atoms with Gasteiger partial charge in [0.2, 0.25) is 0 Å². The summed E-state index contributed by atoms with van der Waals surface area (Å²) in [6.07, 6.45) is 1.48. The first-order valence-corrected chi connectivity index (χ1v) is 8.60. The number of ether oxygens (including phenoxy) is 1. The Bertz CT molecular complexity index is 876. The van der Waals surface area contributed by atoms with Crippen molar-refractivity contribution in [2.24, 2.45) is 7.05 Å². The van der Waals surface area contributed by atoms with E-state index in [4.69, 9.17) is 4.74 Å². The molecule has 146 valence electrons. The number of nitro benzene ring substituents is 1. The minimum atomic E-state index is -1.48. The topological polar surface area (TPSA) is 107 Å².